The predicted octanol–water partition coefficient (Wildman–Crippen LogP) is 2.78. The minimum absolute atomic E-state index is 0.236. The number of hydrogen-bond acceptors (Lipinski definition) is 3. The molecule has 0 saturated heterocycles. The summed E-state index contributed by atoms with van der Waals surface area (Å²) in [4.78, 5) is 19.3. The second kappa shape index (κ2) is 5.93. The minimum atomic E-state index is -0.282. The molecule has 1 heterocycles. The highest BCUT2D eigenvalue weighted by molar-refractivity contribution is 6.29. The Kier molecular flexibility index (Phi) is 4.04. The maximum Gasteiger partial charge on any atom is 0.249 e. The number of nitrogens with zero attached hydrogens (tertiary/aromatic N) is 2. The average molecular weight is 260 g/mol. The number of anilines is 1. The third kappa shape index (κ3) is 3.68. The van der Waals surface area contributed by atoms with Crippen molar-refractivity contribution in [3.8, 4) is 0 Å². The Morgan fingerprint density at radius 2 is 2.00 bits per heavy atom. The molecule has 2 aromatic rings. The lowest BCUT2D eigenvalue weighted by Crippen LogP contribution is -2.09. The van der Waals surface area contributed by atoms with E-state index >= 15 is 0 Å². The van der Waals surface area contributed by atoms with E-state index < -0.39 is 0 Å². The third-order valence-electron chi connectivity index (χ3n) is 2.08. The van der Waals surface area contributed by atoms with Gasteiger partial charge < -0.3 is 5.32 Å². The van der Waals surface area contributed by atoms with Gasteiger partial charge in [-0.3, -0.25) is 9.78 Å². The van der Waals surface area contributed by atoms with Gasteiger partial charge >= 0.3 is 0 Å². The predicted molar refractivity (Wildman–Crippen MR) is 71.1 cm³/mol. The first kappa shape index (κ1) is 12.3. The van der Waals surface area contributed by atoms with Crippen molar-refractivity contribution in [2.45, 2.75) is 0 Å². The van der Waals surface area contributed by atoms with Crippen molar-refractivity contribution < 1.29 is 4.79 Å². The molecule has 0 fully saturated rings. The summed E-state index contributed by atoms with van der Waals surface area (Å²) in [6.45, 7) is 0. The number of carbonyl (C=O) groups is 1. The number of hydrogen-bond donors (Lipinski definition) is 1. The molecule has 18 heavy (non-hydrogen) atoms. The summed E-state index contributed by atoms with van der Waals surface area (Å²) in [6.07, 6.45) is 5.97. The number of rotatable bonds is 3. The third-order valence-corrected chi connectivity index (χ3v) is 2.27. The second-order valence-corrected chi connectivity index (χ2v) is 3.85. The van der Waals surface area contributed by atoms with Gasteiger partial charge in [-0.1, -0.05) is 41.9 Å². The summed E-state index contributed by atoms with van der Waals surface area (Å²) in [5, 5.41) is 2.81. The van der Waals surface area contributed by atoms with E-state index in [0.29, 0.717) is 5.82 Å². The second-order valence-electron chi connectivity index (χ2n) is 3.46. The zero-order chi connectivity index (χ0) is 12.8. The van der Waals surface area contributed by atoms with Crippen molar-refractivity contribution in [1.29, 1.82) is 0 Å². The molecule has 0 spiro atoms. The zero-order valence-corrected chi connectivity index (χ0v) is 10.1. The van der Waals surface area contributed by atoms with Crippen LogP contribution in [0.1, 0.15) is 5.56 Å². The van der Waals surface area contributed by atoms with E-state index in [-0.39, 0.29) is 11.1 Å². The topological polar surface area (TPSA) is 54.9 Å². The van der Waals surface area contributed by atoms with Crippen molar-refractivity contribution in [1.82, 2.24) is 9.97 Å². The van der Waals surface area contributed by atoms with Crippen molar-refractivity contribution in [3.05, 3.63) is 59.5 Å². The van der Waals surface area contributed by atoms with Gasteiger partial charge in [-0.05, 0) is 11.6 Å². The number of amides is 1. The van der Waals surface area contributed by atoms with Crippen LogP contribution < -0.4 is 5.32 Å². The summed E-state index contributed by atoms with van der Waals surface area (Å²) < 4.78 is 0. The Balaban J connectivity index is 1.99. The number of carbonyl (C=O) groups excluding carboxylic acids is 1. The first-order valence-electron chi connectivity index (χ1n) is 5.26. The normalized spacial score (nSPS) is 10.5. The maximum atomic E-state index is 11.6. The molecule has 0 aliphatic rings. The number of aromatic nitrogens is 2. The Morgan fingerprint density at radius 3 is 2.72 bits per heavy atom. The van der Waals surface area contributed by atoms with Crippen LogP contribution in [0.2, 0.25) is 5.15 Å². The zero-order valence-electron chi connectivity index (χ0n) is 9.38. The molecule has 0 aliphatic heterocycles. The van der Waals surface area contributed by atoms with Gasteiger partial charge in [0.15, 0.2) is 5.82 Å². The summed E-state index contributed by atoms with van der Waals surface area (Å²) in [5.41, 5.74) is 0.949. The summed E-state index contributed by atoms with van der Waals surface area (Å²) in [7, 11) is 0. The van der Waals surface area contributed by atoms with Gasteiger partial charge in [0.25, 0.3) is 0 Å². The lowest BCUT2D eigenvalue weighted by molar-refractivity contribution is -0.111. The van der Waals surface area contributed by atoms with E-state index in [1.54, 1.807) is 6.08 Å². The van der Waals surface area contributed by atoms with Crippen LogP contribution in [0.3, 0.4) is 0 Å². The summed E-state index contributed by atoms with van der Waals surface area (Å²) in [5.74, 6) is 0.0423. The molecule has 5 heteroatoms. The molecule has 4 nitrogen and oxygen atoms in total. The molecule has 0 unspecified atom stereocenters. The van der Waals surface area contributed by atoms with E-state index in [9.17, 15) is 4.79 Å². The highest BCUT2D eigenvalue weighted by Crippen LogP contribution is 2.07. The molecule has 1 aromatic heterocycles. The summed E-state index contributed by atoms with van der Waals surface area (Å²) in [6, 6.07) is 9.53. The quantitative estimate of drug-likeness (QED) is 0.863. The SMILES string of the molecule is O=C(/C=C/c1ccccc1)Nc1cncc(Cl)n1. The fourth-order valence-corrected chi connectivity index (χ4v) is 1.45. The Morgan fingerprint density at radius 1 is 1.22 bits per heavy atom. The van der Waals surface area contributed by atoms with Gasteiger partial charge in [-0.15, -0.1) is 0 Å². The van der Waals surface area contributed by atoms with E-state index in [1.165, 1.54) is 18.5 Å². The molecule has 0 aliphatic carbocycles. The standard InChI is InChI=1S/C13H10ClN3O/c14-11-8-15-9-12(16-11)17-13(18)7-6-10-4-2-1-3-5-10/h1-9H,(H,16,17,18)/b7-6+. The molecule has 2 rings (SSSR count). The van der Waals surface area contributed by atoms with Crippen LogP contribution in [0.5, 0.6) is 0 Å². The number of halogens is 1. The molecule has 0 atom stereocenters. The fourth-order valence-electron chi connectivity index (χ4n) is 1.31. The summed E-state index contributed by atoms with van der Waals surface area (Å²) >= 11 is 5.66. The largest absolute Gasteiger partial charge is 0.306 e. The van der Waals surface area contributed by atoms with Crippen molar-refractivity contribution >= 4 is 29.4 Å². The first-order valence-corrected chi connectivity index (χ1v) is 5.63. The van der Waals surface area contributed by atoms with Crippen molar-refractivity contribution in [2.24, 2.45) is 0 Å². The van der Waals surface area contributed by atoms with Gasteiger partial charge in [0.05, 0.1) is 12.4 Å². The van der Waals surface area contributed by atoms with Crippen molar-refractivity contribution in [3.63, 3.8) is 0 Å². The minimum Gasteiger partial charge on any atom is -0.306 e. The van der Waals surface area contributed by atoms with E-state index in [0.717, 1.165) is 5.56 Å². The fraction of sp³-hybridized carbons (Fsp3) is 0. The first-order chi connectivity index (χ1) is 8.74. The van der Waals surface area contributed by atoms with E-state index in [4.69, 9.17) is 11.6 Å². The van der Waals surface area contributed by atoms with Gasteiger partial charge in [-0.25, -0.2) is 4.98 Å². The molecule has 0 radical (unpaired) electrons. The molecular weight excluding hydrogens is 250 g/mol. The molecule has 1 amide bonds. The Bertz CT molecular complexity index is 569. The molecular formula is C13H10ClN3O. The van der Waals surface area contributed by atoms with Crippen LogP contribution >= 0.6 is 11.6 Å². The highest BCUT2D eigenvalue weighted by Gasteiger charge is 2.00. The van der Waals surface area contributed by atoms with E-state index in [1.807, 2.05) is 30.3 Å². The lowest BCUT2D eigenvalue weighted by Gasteiger charge is -2.00. The van der Waals surface area contributed by atoms with Crippen molar-refractivity contribution in [2.75, 3.05) is 5.32 Å². The number of nitrogens with one attached hydrogen (secondary N) is 1. The average Bonchev–Trinajstić information content (AvgIpc) is 2.38. The Hall–Kier alpha value is -2.20. The maximum absolute atomic E-state index is 11.6. The molecule has 90 valence electrons. The molecule has 0 saturated carbocycles. The van der Waals surface area contributed by atoms with Crippen LogP contribution in [0, 0.1) is 0 Å². The molecule has 1 N–H and O–H groups in total. The van der Waals surface area contributed by atoms with Crippen LogP contribution in [0.25, 0.3) is 6.08 Å². The van der Waals surface area contributed by atoms with Gasteiger partial charge in [0.1, 0.15) is 5.15 Å². The van der Waals surface area contributed by atoms with Crippen LogP contribution in [0.4, 0.5) is 5.82 Å². The Labute approximate surface area is 109 Å². The molecule has 0 bridgehead atoms. The van der Waals surface area contributed by atoms with Crippen LogP contribution in [0.15, 0.2) is 48.8 Å². The van der Waals surface area contributed by atoms with Gasteiger partial charge in [-0.2, -0.15) is 0 Å². The van der Waals surface area contributed by atoms with Crippen LogP contribution in [-0.4, -0.2) is 15.9 Å². The van der Waals surface area contributed by atoms with Crippen LogP contribution in [-0.2, 0) is 4.79 Å². The van der Waals surface area contributed by atoms with Gasteiger partial charge in [0, 0.05) is 6.08 Å². The highest BCUT2D eigenvalue weighted by atomic mass is 35.5. The smallest absolute Gasteiger partial charge is 0.249 e. The molecule has 1 aromatic carbocycles. The number of benzene rings is 1. The monoisotopic (exact) mass is 259 g/mol. The lowest BCUT2D eigenvalue weighted by atomic mass is 10.2. The van der Waals surface area contributed by atoms with Gasteiger partial charge in [0.2, 0.25) is 5.91 Å². The van der Waals surface area contributed by atoms with E-state index in [2.05, 4.69) is 15.3 Å².